The Morgan fingerprint density at radius 2 is 2.13 bits per heavy atom. The van der Waals surface area contributed by atoms with Crippen LogP contribution in [-0.4, -0.2) is 18.0 Å². The van der Waals surface area contributed by atoms with E-state index in [9.17, 15) is 9.59 Å². The molecular formula is C17H18ClNO3S. The minimum absolute atomic E-state index is 0.258. The summed E-state index contributed by atoms with van der Waals surface area (Å²) in [5, 5.41) is 5.22. The van der Waals surface area contributed by atoms with E-state index < -0.39 is 6.10 Å². The van der Waals surface area contributed by atoms with Gasteiger partial charge < -0.3 is 10.1 Å². The SMILES string of the molecule is Cc1ccc(Cl)cc1NC(=O)[C@H](C)OC(=O)CCc1cccs1. The molecule has 1 amide bonds. The zero-order valence-electron chi connectivity index (χ0n) is 13.0. The molecule has 1 aromatic heterocycles. The van der Waals surface area contributed by atoms with Gasteiger partial charge >= 0.3 is 5.97 Å². The lowest BCUT2D eigenvalue weighted by molar-refractivity contribution is -0.153. The molecule has 1 aromatic carbocycles. The number of esters is 1. The van der Waals surface area contributed by atoms with Crippen LogP contribution in [-0.2, 0) is 20.7 Å². The normalized spacial score (nSPS) is 11.8. The topological polar surface area (TPSA) is 55.4 Å². The van der Waals surface area contributed by atoms with E-state index in [0.717, 1.165) is 10.4 Å². The highest BCUT2D eigenvalue weighted by Gasteiger charge is 2.18. The van der Waals surface area contributed by atoms with Crippen molar-refractivity contribution in [2.24, 2.45) is 0 Å². The number of carbonyl (C=O) groups is 2. The maximum absolute atomic E-state index is 12.1. The van der Waals surface area contributed by atoms with E-state index in [-0.39, 0.29) is 18.3 Å². The van der Waals surface area contributed by atoms with E-state index in [0.29, 0.717) is 17.1 Å². The first kappa shape index (κ1) is 17.5. The fraction of sp³-hybridized carbons (Fsp3) is 0.294. The summed E-state index contributed by atoms with van der Waals surface area (Å²) in [4.78, 5) is 25.0. The predicted octanol–water partition coefficient (Wildman–Crippen LogP) is 4.21. The average Bonchev–Trinajstić information content (AvgIpc) is 3.02. The molecule has 122 valence electrons. The van der Waals surface area contributed by atoms with Gasteiger partial charge in [0.1, 0.15) is 0 Å². The number of nitrogens with one attached hydrogen (secondary N) is 1. The van der Waals surface area contributed by atoms with Crippen LogP contribution in [0.3, 0.4) is 0 Å². The zero-order chi connectivity index (χ0) is 16.8. The smallest absolute Gasteiger partial charge is 0.306 e. The lowest BCUT2D eigenvalue weighted by atomic mass is 10.2. The van der Waals surface area contributed by atoms with Crippen molar-refractivity contribution in [3.63, 3.8) is 0 Å². The second-order valence-corrected chi connectivity index (χ2v) is 6.63. The van der Waals surface area contributed by atoms with Crippen molar-refractivity contribution in [3.05, 3.63) is 51.2 Å². The van der Waals surface area contributed by atoms with E-state index in [1.807, 2.05) is 30.5 Å². The van der Waals surface area contributed by atoms with Crippen molar-refractivity contribution in [2.45, 2.75) is 32.8 Å². The molecule has 0 aliphatic heterocycles. The van der Waals surface area contributed by atoms with Crippen molar-refractivity contribution < 1.29 is 14.3 Å². The van der Waals surface area contributed by atoms with Gasteiger partial charge in [0.2, 0.25) is 0 Å². The van der Waals surface area contributed by atoms with Gasteiger partial charge in [-0.1, -0.05) is 23.7 Å². The fourth-order valence-electron chi connectivity index (χ4n) is 1.95. The summed E-state index contributed by atoms with van der Waals surface area (Å²) in [6, 6.07) is 9.14. The lowest BCUT2D eigenvalue weighted by Crippen LogP contribution is -2.30. The number of hydrogen-bond donors (Lipinski definition) is 1. The van der Waals surface area contributed by atoms with Gasteiger partial charge in [0.15, 0.2) is 6.10 Å². The van der Waals surface area contributed by atoms with E-state index in [4.69, 9.17) is 16.3 Å². The van der Waals surface area contributed by atoms with E-state index in [1.165, 1.54) is 0 Å². The Bertz CT molecular complexity index is 685. The second kappa shape index (κ2) is 8.13. The van der Waals surface area contributed by atoms with E-state index in [2.05, 4.69) is 5.32 Å². The van der Waals surface area contributed by atoms with Crippen LogP contribution in [0.2, 0.25) is 5.02 Å². The number of rotatable bonds is 6. The van der Waals surface area contributed by atoms with Crippen molar-refractivity contribution in [1.82, 2.24) is 0 Å². The predicted molar refractivity (Wildman–Crippen MR) is 93.0 cm³/mol. The summed E-state index contributed by atoms with van der Waals surface area (Å²) in [5.74, 6) is -0.760. The molecule has 1 heterocycles. The Kier molecular flexibility index (Phi) is 6.19. The monoisotopic (exact) mass is 351 g/mol. The maximum Gasteiger partial charge on any atom is 0.306 e. The van der Waals surface area contributed by atoms with Crippen LogP contribution in [0.4, 0.5) is 5.69 Å². The van der Waals surface area contributed by atoms with Crippen molar-refractivity contribution in [3.8, 4) is 0 Å². The summed E-state index contributed by atoms with van der Waals surface area (Å²) in [7, 11) is 0. The highest BCUT2D eigenvalue weighted by atomic mass is 35.5. The molecule has 0 aliphatic carbocycles. The molecule has 0 saturated carbocycles. The van der Waals surface area contributed by atoms with Gasteiger partial charge in [-0.2, -0.15) is 0 Å². The molecular weight excluding hydrogens is 334 g/mol. The second-order valence-electron chi connectivity index (χ2n) is 5.16. The van der Waals surface area contributed by atoms with Crippen LogP contribution in [0.15, 0.2) is 35.7 Å². The number of benzene rings is 1. The van der Waals surface area contributed by atoms with Gasteiger partial charge in [-0.3, -0.25) is 9.59 Å². The average molecular weight is 352 g/mol. The van der Waals surface area contributed by atoms with Crippen LogP contribution in [0, 0.1) is 6.92 Å². The number of thiophene rings is 1. The quantitative estimate of drug-likeness (QED) is 0.793. The molecule has 0 bridgehead atoms. The minimum atomic E-state index is -0.857. The lowest BCUT2D eigenvalue weighted by Gasteiger charge is -2.15. The molecule has 1 atom stereocenters. The molecule has 2 aromatic rings. The largest absolute Gasteiger partial charge is 0.453 e. The Morgan fingerprint density at radius 3 is 2.83 bits per heavy atom. The third-order valence-electron chi connectivity index (χ3n) is 3.29. The van der Waals surface area contributed by atoms with E-state index >= 15 is 0 Å². The molecule has 0 aliphatic rings. The summed E-state index contributed by atoms with van der Waals surface area (Å²) < 4.78 is 5.17. The van der Waals surface area contributed by atoms with Crippen LogP contribution >= 0.6 is 22.9 Å². The Labute approximate surface area is 144 Å². The molecule has 0 fully saturated rings. The third kappa shape index (κ3) is 5.37. The maximum atomic E-state index is 12.1. The van der Waals surface area contributed by atoms with Crippen LogP contribution in [0.25, 0.3) is 0 Å². The van der Waals surface area contributed by atoms with Crippen LogP contribution < -0.4 is 5.32 Å². The summed E-state index contributed by atoms with van der Waals surface area (Å²) in [6.45, 7) is 3.42. The highest BCUT2D eigenvalue weighted by molar-refractivity contribution is 7.09. The van der Waals surface area contributed by atoms with Crippen molar-refractivity contribution >= 4 is 40.5 Å². The number of ether oxygens (including phenoxy) is 1. The molecule has 23 heavy (non-hydrogen) atoms. The Morgan fingerprint density at radius 1 is 1.35 bits per heavy atom. The number of anilines is 1. The van der Waals surface area contributed by atoms with Gasteiger partial charge in [-0.25, -0.2) is 0 Å². The molecule has 6 heteroatoms. The van der Waals surface area contributed by atoms with Crippen molar-refractivity contribution in [2.75, 3.05) is 5.32 Å². The number of hydrogen-bond acceptors (Lipinski definition) is 4. The minimum Gasteiger partial charge on any atom is -0.453 e. The van der Waals surface area contributed by atoms with Gasteiger partial charge in [-0.05, 0) is 49.4 Å². The van der Waals surface area contributed by atoms with Gasteiger partial charge in [0.05, 0.1) is 6.42 Å². The fourth-order valence-corrected chi connectivity index (χ4v) is 2.83. The Balaban J connectivity index is 1.84. The first-order chi connectivity index (χ1) is 11.0. The van der Waals surface area contributed by atoms with E-state index in [1.54, 1.807) is 30.4 Å². The summed E-state index contributed by atoms with van der Waals surface area (Å²) >= 11 is 7.51. The number of halogens is 1. The molecule has 2 rings (SSSR count). The standard InChI is InChI=1S/C17H18ClNO3S/c1-11-5-6-13(18)10-15(11)19-17(21)12(2)22-16(20)8-7-14-4-3-9-23-14/h3-6,9-10,12H,7-8H2,1-2H3,(H,19,21)/t12-/m0/s1. The molecule has 1 N–H and O–H groups in total. The first-order valence-electron chi connectivity index (χ1n) is 7.24. The van der Waals surface area contributed by atoms with Crippen LogP contribution in [0.1, 0.15) is 23.8 Å². The third-order valence-corrected chi connectivity index (χ3v) is 4.46. The van der Waals surface area contributed by atoms with Gasteiger partial charge in [0.25, 0.3) is 5.91 Å². The highest BCUT2D eigenvalue weighted by Crippen LogP contribution is 2.20. The summed E-state index contributed by atoms with van der Waals surface area (Å²) in [5.41, 5.74) is 1.50. The first-order valence-corrected chi connectivity index (χ1v) is 8.50. The number of aryl methyl sites for hydroxylation is 2. The summed E-state index contributed by atoms with van der Waals surface area (Å²) in [6.07, 6.45) is 0.0243. The van der Waals surface area contributed by atoms with Crippen LogP contribution in [0.5, 0.6) is 0 Å². The number of carbonyl (C=O) groups excluding carboxylic acids is 2. The van der Waals surface area contributed by atoms with Crippen molar-refractivity contribution in [1.29, 1.82) is 0 Å². The molecule has 0 unspecified atom stereocenters. The molecule has 0 spiro atoms. The zero-order valence-corrected chi connectivity index (χ0v) is 14.5. The van der Waals surface area contributed by atoms with Gasteiger partial charge in [0, 0.05) is 15.6 Å². The molecule has 4 nitrogen and oxygen atoms in total. The molecule has 0 saturated heterocycles. The molecule has 0 radical (unpaired) electrons. The number of amides is 1. The van der Waals surface area contributed by atoms with Gasteiger partial charge in [-0.15, -0.1) is 11.3 Å². The Hall–Kier alpha value is -1.85.